The van der Waals surface area contributed by atoms with Crippen LogP contribution in [0.25, 0.3) is 21.8 Å². The Hall–Kier alpha value is -6.07. The van der Waals surface area contributed by atoms with Crippen molar-refractivity contribution in [1.29, 1.82) is 0 Å². The maximum Gasteiger partial charge on any atom is 0.329 e. The van der Waals surface area contributed by atoms with Crippen LogP contribution in [-0.2, 0) is 43.0 Å². The minimum atomic E-state index is -4.35. The Kier molecular flexibility index (Phi) is 8.69. The van der Waals surface area contributed by atoms with Gasteiger partial charge in [-0.3, -0.25) is 38.5 Å². The van der Waals surface area contributed by atoms with Crippen molar-refractivity contribution < 1.29 is 36.7 Å². The van der Waals surface area contributed by atoms with Gasteiger partial charge in [-0.1, -0.05) is 36.4 Å². The average molecular weight is 756 g/mol. The number of amides is 4. The van der Waals surface area contributed by atoms with E-state index in [9.17, 15) is 32.4 Å². The molecule has 0 radical (unpaired) electrons. The predicted octanol–water partition coefficient (Wildman–Crippen LogP) is 2.41. The number of imide groups is 1. The quantitative estimate of drug-likeness (QED) is 0.191. The highest BCUT2D eigenvalue weighted by atomic mass is 32.2. The first-order valence-corrected chi connectivity index (χ1v) is 18.6. The van der Waals surface area contributed by atoms with Gasteiger partial charge in [0.25, 0.3) is 5.91 Å². The van der Waals surface area contributed by atoms with Gasteiger partial charge in [-0.05, 0) is 59.3 Å². The number of carbonyl (C=O) groups excluding carboxylic acids is 4. The summed E-state index contributed by atoms with van der Waals surface area (Å²) in [6, 6.07) is 19.9. The lowest BCUT2D eigenvalue weighted by molar-refractivity contribution is -0.135. The second kappa shape index (κ2) is 13.4. The van der Waals surface area contributed by atoms with E-state index in [1.807, 2.05) is 33.9 Å². The van der Waals surface area contributed by atoms with Gasteiger partial charge in [-0.25, -0.2) is 18.2 Å². The fourth-order valence-corrected chi connectivity index (χ4v) is 8.47. The highest BCUT2D eigenvalue weighted by Gasteiger charge is 2.38. The zero-order chi connectivity index (χ0) is 37.9. The number of hydrogen-bond donors (Lipinski definition) is 3. The number of piperidine rings is 1. The monoisotopic (exact) mass is 755 g/mol. The van der Waals surface area contributed by atoms with Crippen molar-refractivity contribution >= 4 is 67.0 Å². The van der Waals surface area contributed by atoms with Crippen LogP contribution in [0.3, 0.4) is 0 Å². The van der Waals surface area contributed by atoms with Gasteiger partial charge in [0.15, 0.2) is 5.82 Å². The minimum absolute atomic E-state index is 0.00237. The first-order chi connectivity index (χ1) is 25.9. The standard InChI is InChI=1S/C37H34FN7O8S/c1-42-29-14-22(7-10-27(29)45(37(42)50)28-11-12-31(46)40-36(28)49)24-16-43(17-24)18-32(47)39-25-8-9-26-23(13-25)15-30(53-20-21-5-3-2-4-6-21)35(34(26)38)44-19-33(48)41-54(44,51)52/h2-10,13-15,24,28H,11-12,16-20H2,1H3,(H,39,47)(H,41,48)(H,40,46,49). The molecular formula is C37H34FN7O8S. The summed E-state index contributed by atoms with van der Waals surface area (Å²) in [5.74, 6) is -2.83. The van der Waals surface area contributed by atoms with Crippen molar-refractivity contribution in [1.82, 2.24) is 24.1 Å². The van der Waals surface area contributed by atoms with Gasteiger partial charge in [-0.2, -0.15) is 8.42 Å². The second-order valence-corrected chi connectivity index (χ2v) is 15.2. The average Bonchev–Trinajstić information content (AvgIpc) is 3.53. The molecule has 0 bridgehead atoms. The fraction of sp³-hybridized carbons (Fsp3) is 0.270. The lowest BCUT2D eigenvalue weighted by atomic mass is 9.91. The van der Waals surface area contributed by atoms with Crippen LogP contribution in [0.15, 0.2) is 77.6 Å². The van der Waals surface area contributed by atoms with E-state index in [2.05, 4.69) is 10.6 Å². The summed E-state index contributed by atoms with van der Waals surface area (Å²) in [5.41, 5.74) is 2.66. The zero-order valence-corrected chi connectivity index (χ0v) is 29.7. The third kappa shape index (κ3) is 6.34. The summed E-state index contributed by atoms with van der Waals surface area (Å²) < 4.78 is 53.0. The topological polar surface area (TPSA) is 181 Å². The molecule has 3 saturated heterocycles. The molecule has 1 unspecified atom stereocenters. The molecule has 4 aromatic carbocycles. The van der Waals surface area contributed by atoms with Gasteiger partial charge in [0, 0.05) is 43.5 Å². The number of carbonyl (C=O) groups is 4. The van der Waals surface area contributed by atoms with Crippen LogP contribution in [0.2, 0.25) is 0 Å². The number of nitrogens with one attached hydrogen (secondary N) is 3. The summed E-state index contributed by atoms with van der Waals surface area (Å²) in [7, 11) is -2.70. The number of ether oxygens (including phenoxy) is 1. The molecular weight excluding hydrogens is 722 g/mol. The number of nitrogens with zero attached hydrogens (tertiary/aromatic N) is 4. The molecule has 0 spiro atoms. The Morgan fingerprint density at radius 2 is 1.74 bits per heavy atom. The number of hydrogen-bond acceptors (Lipinski definition) is 9. The molecule has 3 fully saturated rings. The molecule has 278 valence electrons. The van der Waals surface area contributed by atoms with E-state index < -0.39 is 46.1 Å². The first kappa shape index (κ1) is 35.0. The van der Waals surface area contributed by atoms with Crippen LogP contribution in [0, 0.1) is 5.82 Å². The summed E-state index contributed by atoms with van der Waals surface area (Å²) >= 11 is 0. The molecule has 0 saturated carbocycles. The van der Waals surface area contributed by atoms with E-state index in [1.165, 1.54) is 27.3 Å². The van der Waals surface area contributed by atoms with E-state index in [0.29, 0.717) is 39.5 Å². The third-order valence-corrected chi connectivity index (χ3v) is 11.4. The number of fused-ring (bicyclic) bond motifs is 2. The molecule has 4 amide bonds. The molecule has 4 heterocycles. The summed E-state index contributed by atoms with van der Waals surface area (Å²) in [4.78, 5) is 64.4. The molecule has 54 heavy (non-hydrogen) atoms. The van der Waals surface area contributed by atoms with Gasteiger partial charge >= 0.3 is 15.9 Å². The lowest BCUT2D eigenvalue weighted by Gasteiger charge is -2.39. The molecule has 1 atom stereocenters. The molecule has 15 nitrogen and oxygen atoms in total. The van der Waals surface area contributed by atoms with Crippen LogP contribution in [0.1, 0.15) is 35.9 Å². The number of benzene rings is 4. The number of likely N-dealkylation sites (tertiary alicyclic amines) is 1. The Morgan fingerprint density at radius 3 is 2.46 bits per heavy atom. The SMILES string of the molecule is Cn1c(=O)n(C2CCC(=O)NC2=O)c2ccc(C3CN(CC(=O)Nc4ccc5c(F)c(N6CC(=O)NS6(=O)=O)c(OCc6ccccc6)cc5c4)C3)cc21. The third-order valence-electron chi connectivity index (χ3n) is 10.0. The highest BCUT2D eigenvalue weighted by Crippen LogP contribution is 2.40. The first-order valence-electron chi connectivity index (χ1n) is 17.2. The summed E-state index contributed by atoms with van der Waals surface area (Å²) in [6.45, 7) is 0.664. The van der Waals surface area contributed by atoms with E-state index >= 15 is 4.39 Å². The predicted molar refractivity (Wildman–Crippen MR) is 195 cm³/mol. The van der Waals surface area contributed by atoms with Gasteiger partial charge in [0.2, 0.25) is 17.7 Å². The number of aromatic nitrogens is 2. The van der Waals surface area contributed by atoms with Crippen molar-refractivity contribution in [2.45, 2.75) is 31.4 Å². The molecule has 0 aliphatic carbocycles. The summed E-state index contributed by atoms with van der Waals surface area (Å²) in [5, 5.41) is 5.57. The highest BCUT2D eigenvalue weighted by molar-refractivity contribution is 7.92. The number of imidazole rings is 1. The van der Waals surface area contributed by atoms with Crippen LogP contribution >= 0.6 is 0 Å². The van der Waals surface area contributed by atoms with Gasteiger partial charge < -0.3 is 10.1 Å². The van der Waals surface area contributed by atoms with Crippen LogP contribution in [-0.4, -0.2) is 72.3 Å². The molecule has 3 N–H and O–H groups in total. The normalized spacial score (nSPS) is 18.8. The lowest BCUT2D eigenvalue weighted by Crippen LogP contribution is -2.48. The second-order valence-electron chi connectivity index (χ2n) is 13.7. The van der Waals surface area contributed by atoms with Crippen LogP contribution in [0.4, 0.5) is 15.8 Å². The Morgan fingerprint density at radius 1 is 0.963 bits per heavy atom. The molecule has 1 aromatic heterocycles. The van der Waals surface area contributed by atoms with E-state index in [4.69, 9.17) is 4.74 Å². The fourth-order valence-electron chi connectivity index (χ4n) is 7.31. The van der Waals surface area contributed by atoms with Crippen molar-refractivity contribution in [2.24, 2.45) is 7.05 Å². The Balaban J connectivity index is 0.962. The van der Waals surface area contributed by atoms with Gasteiger partial charge in [0.1, 0.15) is 30.6 Å². The number of rotatable bonds is 9. The van der Waals surface area contributed by atoms with Gasteiger partial charge in [-0.15, -0.1) is 0 Å². The molecule has 3 aliphatic rings. The van der Waals surface area contributed by atoms with Crippen molar-refractivity contribution in [3.63, 3.8) is 0 Å². The number of aryl methyl sites for hydroxylation is 1. The van der Waals surface area contributed by atoms with Crippen LogP contribution in [0.5, 0.6) is 5.75 Å². The molecule has 3 aliphatic heterocycles. The molecule has 8 rings (SSSR count). The number of anilines is 2. The van der Waals surface area contributed by atoms with Crippen LogP contribution < -0.4 is 30.1 Å². The van der Waals surface area contributed by atoms with E-state index in [1.54, 1.807) is 37.4 Å². The smallest absolute Gasteiger partial charge is 0.329 e. The van der Waals surface area contributed by atoms with Crippen molar-refractivity contribution in [3.05, 3.63) is 100 Å². The van der Waals surface area contributed by atoms with E-state index in [0.717, 1.165) is 11.1 Å². The Labute approximate surface area is 307 Å². The number of halogens is 1. The minimum Gasteiger partial charge on any atom is -0.487 e. The van der Waals surface area contributed by atoms with Crippen molar-refractivity contribution in [3.8, 4) is 5.75 Å². The Bertz CT molecular complexity index is 2570. The van der Waals surface area contributed by atoms with E-state index in [-0.39, 0.29) is 60.6 Å². The summed E-state index contributed by atoms with van der Waals surface area (Å²) in [6.07, 6.45) is 0.405. The molecule has 17 heteroatoms. The maximum atomic E-state index is 16.2. The largest absolute Gasteiger partial charge is 0.487 e. The van der Waals surface area contributed by atoms with Gasteiger partial charge in [0.05, 0.1) is 17.6 Å². The zero-order valence-electron chi connectivity index (χ0n) is 28.9. The molecule has 5 aromatic rings. The maximum absolute atomic E-state index is 16.2. The van der Waals surface area contributed by atoms with Crippen molar-refractivity contribution in [2.75, 3.05) is 35.8 Å².